The molecule has 1 atom stereocenters. The van der Waals surface area contributed by atoms with Gasteiger partial charge < -0.3 is 5.73 Å². The minimum absolute atomic E-state index is 0.281. The monoisotopic (exact) mass is 361 g/mol. The minimum Gasteiger partial charge on any atom is -0.324 e. The molecule has 100 valence electrons. The van der Waals surface area contributed by atoms with E-state index in [1.54, 1.807) is 30.3 Å². The first-order chi connectivity index (χ1) is 8.99. The van der Waals surface area contributed by atoms with Crippen LogP contribution in [-0.4, -0.2) is 0 Å². The molecular weight excluding hydrogens is 352 g/mol. The van der Waals surface area contributed by atoms with E-state index in [0.717, 1.165) is 4.47 Å². The van der Waals surface area contributed by atoms with Crippen molar-refractivity contribution >= 4 is 39.1 Å². The van der Waals surface area contributed by atoms with Gasteiger partial charge in [0, 0.05) is 10.5 Å². The highest BCUT2D eigenvalue weighted by Crippen LogP contribution is 2.31. The predicted molar refractivity (Wildman–Crippen MR) is 81.2 cm³/mol. The van der Waals surface area contributed by atoms with Gasteiger partial charge in [-0.15, -0.1) is 0 Å². The van der Waals surface area contributed by atoms with Gasteiger partial charge in [0.05, 0.1) is 10.0 Å². The van der Waals surface area contributed by atoms with Crippen molar-refractivity contribution in [3.05, 3.63) is 67.9 Å². The Morgan fingerprint density at radius 2 is 1.95 bits per heavy atom. The molecule has 19 heavy (non-hydrogen) atoms. The maximum Gasteiger partial charge on any atom is 0.126 e. The highest BCUT2D eigenvalue weighted by molar-refractivity contribution is 9.10. The minimum atomic E-state index is -0.407. The Kier molecular flexibility index (Phi) is 4.85. The molecule has 0 bridgehead atoms. The van der Waals surface area contributed by atoms with E-state index in [-0.39, 0.29) is 5.82 Å². The molecular formula is C14H11BrCl2FN. The Labute approximate surface area is 129 Å². The van der Waals surface area contributed by atoms with Crippen LogP contribution in [-0.2, 0) is 6.42 Å². The first-order valence-corrected chi connectivity index (χ1v) is 7.17. The summed E-state index contributed by atoms with van der Waals surface area (Å²) in [4.78, 5) is 0. The van der Waals surface area contributed by atoms with E-state index in [9.17, 15) is 4.39 Å². The van der Waals surface area contributed by atoms with Gasteiger partial charge in [-0.25, -0.2) is 4.39 Å². The van der Waals surface area contributed by atoms with Crippen molar-refractivity contribution in [2.45, 2.75) is 12.5 Å². The summed E-state index contributed by atoms with van der Waals surface area (Å²) in [7, 11) is 0. The second-order valence-electron chi connectivity index (χ2n) is 4.19. The summed E-state index contributed by atoms with van der Waals surface area (Å²) in [5.74, 6) is -0.281. The van der Waals surface area contributed by atoms with Crippen LogP contribution in [0.4, 0.5) is 4.39 Å². The van der Waals surface area contributed by atoms with E-state index < -0.39 is 6.04 Å². The summed E-state index contributed by atoms with van der Waals surface area (Å²) >= 11 is 15.4. The summed E-state index contributed by atoms with van der Waals surface area (Å²) in [6.07, 6.45) is 0.353. The molecule has 0 heterocycles. The van der Waals surface area contributed by atoms with Crippen molar-refractivity contribution in [1.29, 1.82) is 0 Å². The van der Waals surface area contributed by atoms with Crippen LogP contribution in [0.25, 0.3) is 0 Å². The average molecular weight is 363 g/mol. The van der Waals surface area contributed by atoms with E-state index in [1.807, 2.05) is 0 Å². The van der Waals surface area contributed by atoms with Crippen LogP contribution in [0.2, 0.25) is 10.0 Å². The molecule has 0 spiro atoms. The number of hydrogen-bond donors (Lipinski definition) is 1. The first kappa shape index (κ1) is 14.8. The van der Waals surface area contributed by atoms with E-state index in [1.165, 1.54) is 6.07 Å². The zero-order valence-electron chi connectivity index (χ0n) is 9.84. The lowest BCUT2D eigenvalue weighted by atomic mass is 9.99. The lowest BCUT2D eigenvalue weighted by Gasteiger charge is -2.15. The van der Waals surface area contributed by atoms with Crippen molar-refractivity contribution in [3.8, 4) is 0 Å². The van der Waals surface area contributed by atoms with Crippen molar-refractivity contribution in [1.82, 2.24) is 0 Å². The molecule has 5 heteroatoms. The molecule has 1 nitrogen and oxygen atoms in total. The van der Waals surface area contributed by atoms with Crippen LogP contribution in [0.5, 0.6) is 0 Å². The van der Waals surface area contributed by atoms with Crippen LogP contribution < -0.4 is 5.73 Å². The Morgan fingerprint density at radius 3 is 2.68 bits per heavy atom. The van der Waals surface area contributed by atoms with Gasteiger partial charge in [0.15, 0.2) is 0 Å². The fraction of sp³-hybridized carbons (Fsp3) is 0.143. The molecule has 1 unspecified atom stereocenters. The number of rotatable bonds is 3. The van der Waals surface area contributed by atoms with Gasteiger partial charge in [-0.2, -0.15) is 0 Å². The number of hydrogen-bond acceptors (Lipinski definition) is 1. The molecule has 2 rings (SSSR count). The molecule has 0 aliphatic carbocycles. The van der Waals surface area contributed by atoms with Crippen LogP contribution in [0.1, 0.15) is 17.2 Å². The van der Waals surface area contributed by atoms with E-state index in [2.05, 4.69) is 15.9 Å². The number of benzene rings is 2. The van der Waals surface area contributed by atoms with Gasteiger partial charge in [0.2, 0.25) is 0 Å². The van der Waals surface area contributed by atoms with Crippen LogP contribution in [0.3, 0.4) is 0 Å². The lowest BCUT2D eigenvalue weighted by Crippen LogP contribution is -2.14. The molecule has 0 fully saturated rings. The normalized spacial score (nSPS) is 12.5. The van der Waals surface area contributed by atoms with E-state index in [0.29, 0.717) is 27.6 Å². The second kappa shape index (κ2) is 6.23. The molecule has 2 aromatic rings. The second-order valence-corrected chi connectivity index (χ2v) is 5.89. The largest absolute Gasteiger partial charge is 0.324 e. The summed E-state index contributed by atoms with van der Waals surface area (Å²) < 4.78 is 14.5. The molecule has 0 aromatic heterocycles. The molecule has 2 aromatic carbocycles. The number of halogens is 4. The molecule has 0 radical (unpaired) electrons. The summed E-state index contributed by atoms with van der Waals surface area (Å²) in [6.45, 7) is 0. The summed E-state index contributed by atoms with van der Waals surface area (Å²) in [5.41, 5.74) is 7.35. The van der Waals surface area contributed by atoms with Crippen molar-refractivity contribution in [3.63, 3.8) is 0 Å². The molecule has 0 aliphatic heterocycles. The lowest BCUT2D eigenvalue weighted by molar-refractivity contribution is 0.593. The van der Waals surface area contributed by atoms with Crippen molar-refractivity contribution in [2.24, 2.45) is 5.73 Å². The zero-order valence-corrected chi connectivity index (χ0v) is 12.9. The van der Waals surface area contributed by atoms with Crippen molar-refractivity contribution in [2.75, 3.05) is 0 Å². The Morgan fingerprint density at radius 1 is 1.21 bits per heavy atom. The number of nitrogens with two attached hydrogens (primary N) is 1. The maximum absolute atomic E-state index is 13.7. The SMILES string of the molecule is NC(Cc1cc(Br)ccc1F)c1cccc(Cl)c1Cl. The Bertz CT molecular complexity index is 604. The fourth-order valence-corrected chi connectivity index (χ4v) is 2.71. The summed E-state index contributed by atoms with van der Waals surface area (Å²) in [6, 6.07) is 9.64. The topological polar surface area (TPSA) is 26.0 Å². The van der Waals surface area contributed by atoms with Crippen LogP contribution >= 0.6 is 39.1 Å². The third-order valence-electron chi connectivity index (χ3n) is 2.83. The molecule has 0 aliphatic rings. The smallest absolute Gasteiger partial charge is 0.126 e. The molecule has 2 N–H and O–H groups in total. The molecule has 0 saturated heterocycles. The van der Waals surface area contributed by atoms with Gasteiger partial charge in [0.25, 0.3) is 0 Å². The third-order valence-corrected chi connectivity index (χ3v) is 4.16. The highest BCUT2D eigenvalue weighted by Gasteiger charge is 2.15. The Hall–Kier alpha value is -0.610. The molecule has 0 saturated carbocycles. The first-order valence-electron chi connectivity index (χ1n) is 5.62. The predicted octanol–water partition coefficient (Wildman–Crippen LogP) is 5.14. The highest BCUT2D eigenvalue weighted by atomic mass is 79.9. The standard InChI is InChI=1S/C14H11BrCl2FN/c15-9-4-5-12(18)8(6-9)7-13(19)10-2-1-3-11(16)14(10)17/h1-6,13H,7,19H2. The van der Waals surface area contributed by atoms with Crippen LogP contribution in [0, 0.1) is 5.82 Å². The van der Waals surface area contributed by atoms with Gasteiger partial charge in [0.1, 0.15) is 5.82 Å². The Balaban J connectivity index is 2.28. The van der Waals surface area contributed by atoms with Crippen molar-refractivity contribution < 1.29 is 4.39 Å². The fourth-order valence-electron chi connectivity index (χ4n) is 1.85. The van der Waals surface area contributed by atoms with E-state index >= 15 is 0 Å². The van der Waals surface area contributed by atoms with Gasteiger partial charge in [-0.1, -0.05) is 51.3 Å². The van der Waals surface area contributed by atoms with E-state index in [4.69, 9.17) is 28.9 Å². The summed E-state index contributed by atoms with van der Waals surface area (Å²) in [5, 5.41) is 0.872. The van der Waals surface area contributed by atoms with Crippen LogP contribution in [0.15, 0.2) is 40.9 Å². The van der Waals surface area contributed by atoms with Gasteiger partial charge in [-0.05, 0) is 41.8 Å². The van der Waals surface area contributed by atoms with Gasteiger partial charge >= 0.3 is 0 Å². The average Bonchev–Trinajstić information content (AvgIpc) is 2.37. The van der Waals surface area contributed by atoms with Gasteiger partial charge in [-0.3, -0.25) is 0 Å². The quantitative estimate of drug-likeness (QED) is 0.803. The zero-order chi connectivity index (χ0) is 14.0. The maximum atomic E-state index is 13.7. The molecule has 0 amide bonds. The third kappa shape index (κ3) is 3.48.